The summed E-state index contributed by atoms with van der Waals surface area (Å²) in [6, 6.07) is 0. The van der Waals surface area contributed by atoms with E-state index >= 15 is 0 Å². The van der Waals surface area contributed by atoms with Crippen LogP contribution in [-0.4, -0.2) is 72.8 Å². The van der Waals surface area contributed by atoms with E-state index in [4.69, 9.17) is 7.91 Å². The van der Waals surface area contributed by atoms with Gasteiger partial charge in [-0.2, -0.15) is 0 Å². The summed E-state index contributed by atoms with van der Waals surface area (Å²) in [6.07, 6.45) is 19.5. The number of aliphatic carboxylic acids is 1. The summed E-state index contributed by atoms with van der Waals surface area (Å²) in [4.78, 5) is 36.7. The van der Waals surface area contributed by atoms with Gasteiger partial charge < -0.3 is 25.5 Å². The fourth-order valence-corrected chi connectivity index (χ4v) is 7.15. The zero-order chi connectivity index (χ0) is 30.5. The van der Waals surface area contributed by atoms with E-state index in [0.717, 1.165) is 38.5 Å². The average molecular weight is 565 g/mol. The molecular formula is C32H52N2O6. The molecular weight excluding hydrogens is 508 g/mol. The van der Waals surface area contributed by atoms with Crippen LogP contribution in [0.3, 0.4) is 0 Å². The van der Waals surface area contributed by atoms with E-state index in [-0.39, 0.29) is 30.7 Å². The third kappa shape index (κ3) is 9.44. The van der Waals surface area contributed by atoms with Gasteiger partial charge in [0.1, 0.15) is 0 Å². The highest BCUT2D eigenvalue weighted by Gasteiger charge is 2.37. The average Bonchev–Trinajstić information content (AvgIpc) is 3.79. The Hall–Kier alpha value is -2.19. The number of hydrogen-bond donors (Lipinski definition) is 4. The number of fused-ring (bicyclic) bond motifs is 4. The molecule has 1 aliphatic heterocycles. The number of likely N-dealkylation sites (tertiary alicyclic amines) is 1. The smallest absolute Gasteiger partial charge is 0.303 e. The minimum absolute atomic E-state index is 0.0446. The minimum Gasteiger partial charge on any atom is -0.481 e. The predicted octanol–water partition coefficient (Wildman–Crippen LogP) is 4.17. The summed E-state index contributed by atoms with van der Waals surface area (Å²) in [7, 11) is 1.29. The van der Waals surface area contributed by atoms with Crippen LogP contribution < -0.4 is 5.32 Å². The lowest BCUT2D eigenvalue weighted by Gasteiger charge is -2.38. The summed E-state index contributed by atoms with van der Waals surface area (Å²) in [5, 5.41) is 24.6. The molecule has 5 rings (SSSR count). The number of piperidine rings is 1. The molecule has 1 saturated heterocycles. The lowest BCUT2D eigenvalue weighted by Crippen LogP contribution is -2.43. The van der Waals surface area contributed by atoms with Crippen LogP contribution in [0, 0.1) is 40.9 Å². The molecule has 6 unspecified atom stereocenters. The minimum atomic E-state index is -0.643. The fourth-order valence-electron chi connectivity index (χ4n) is 7.15. The highest BCUT2D eigenvalue weighted by atomic mass is 16.4. The van der Waals surface area contributed by atoms with Gasteiger partial charge in [0.2, 0.25) is 13.2 Å². The Morgan fingerprint density at radius 3 is 2.02 bits per heavy atom. The van der Waals surface area contributed by atoms with Gasteiger partial charge in [-0.25, -0.2) is 0 Å². The Kier molecular flexibility index (Phi) is 11.5. The molecule has 0 aromatic carbocycles. The molecule has 226 valence electrons. The largest absolute Gasteiger partial charge is 0.481 e. The van der Waals surface area contributed by atoms with Crippen LogP contribution in [0.2, 0.25) is 0 Å². The van der Waals surface area contributed by atoms with Crippen molar-refractivity contribution in [3.05, 3.63) is 24.3 Å². The monoisotopic (exact) mass is 564 g/mol. The number of amides is 2. The molecule has 8 nitrogen and oxygen atoms in total. The van der Waals surface area contributed by atoms with Crippen molar-refractivity contribution in [2.24, 2.45) is 40.9 Å². The number of carboxylic acid groups (broad SMARTS) is 1. The predicted molar refractivity (Wildman–Crippen MR) is 155 cm³/mol. The Balaban J connectivity index is 0.000000284. The number of aliphatic hydroxyl groups is 2. The maximum atomic E-state index is 12.3. The number of nitrogens with zero attached hydrogens (tertiary/aromatic N) is 1. The van der Waals surface area contributed by atoms with E-state index in [9.17, 15) is 19.5 Å². The standard InChI is InChI=1S/C22H36N2O3.C9H12O2.CH4O/c1-22(16-25)8-11-24(12-9-22)21(27)5-3-2-4-10-23-20(26)15-19-14-17-6-7-18(19)13-17;10-9(11)5-8-4-6-1-2-7(8)3-6;1-2/h6-7,17-19,25H,2-5,8-16H2,1H3,(H,23,26);1-2,6-8H,3-5H2,(H,10,11);2H,1H3/i1T;;2T. The third-order valence-electron chi connectivity index (χ3n) is 9.62. The number of carbonyl (C=O) groups excluding carboxylic acids is 2. The summed E-state index contributed by atoms with van der Waals surface area (Å²) in [5.41, 5.74) is -0.302. The van der Waals surface area contributed by atoms with Crippen molar-refractivity contribution in [1.82, 2.24) is 10.2 Å². The number of nitrogens with one attached hydrogen (secondary N) is 1. The molecule has 2 amide bonds. The molecule has 4 aliphatic carbocycles. The Morgan fingerprint density at radius 2 is 1.55 bits per heavy atom. The van der Waals surface area contributed by atoms with E-state index in [2.05, 4.69) is 34.7 Å². The highest BCUT2D eigenvalue weighted by molar-refractivity contribution is 5.76. The topological polar surface area (TPSA) is 127 Å². The number of unbranched alkanes of at least 4 members (excludes halogenated alkanes) is 2. The van der Waals surface area contributed by atoms with Crippen LogP contribution in [0.15, 0.2) is 24.3 Å². The van der Waals surface area contributed by atoms with Gasteiger partial charge in [0.25, 0.3) is 0 Å². The molecule has 1 heterocycles. The fraction of sp³-hybridized carbons (Fsp3) is 0.781. The van der Waals surface area contributed by atoms with Crippen LogP contribution in [0.5, 0.6) is 0 Å². The highest BCUT2D eigenvalue weighted by Crippen LogP contribution is 2.45. The number of allylic oxidation sites excluding steroid dienone is 4. The molecule has 0 aromatic rings. The van der Waals surface area contributed by atoms with Gasteiger partial charge in [0.15, 0.2) is 0 Å². The summed E-state index contributed by atoms with van der Waals surface area (Å²) < 4.78 is 13.3. The summed E-state index contributed by atoms with van der Waals surface area (Å²) in [5.74, 6) is 3.31. The number of hydrogen-bond acceptors (Lipinski definition) is 5. The van der Waals surface area contributed by atoms with Gasteiger partial charge in [0.05, 0.1) is 0 Å². The Labute approximate surface area is 243 Å². The molecule has 3 fully saturated rings. The van der Waals surface area contributed by atoms with Crippen LogP contribution in [0.1, 0.15) is 85.3 Å². The lowest BCUT2D eigenvalue weighted by molar-refractivity contribution is -0.138. The van der Waals surface area contributed by atoms with Crippen molar-refractivity contribution in [1.29, 1.82) is 1.43 Å². The number of aliphatic hydroxyl groups excluding tert-OH is 2. The third-order valence-corrected chi connectivity index (χ3v) is 9.62. The van der Waals surface area contributed by atoms with Crippen molar-refractivity contribution in [2.45, 2.75) is 83.9 Å². The maximum absolute atomic E-state index is 12.3. The zero-order valence-corrected chi connectivity index (χ0v) is 24.3. The molecule has 2 saturated carbocycles. The van der Waals surface area contributed by atoms with Crippen molar-refractivity contribution >= 4 is 17.8 Å². The molecule has 0 radical (unpaired) electrons. The van der Waals surface area contributed by atoms with Gasteiger partial charge in [0, 0.05) is 54.0 Å². The maximum Gasteiger partial charge on any atom is 0.303 e. The molecule has 40 heavy (non-hydrogen) atoms. The molecule has 0 spiro atoms. The van der Waals surface area contributed by atoms with Gasteiger partial charge in [-0.05, 0) is 92.3 Å². The van der Waals surface area contributed by atoms with Crippen molar-refractivity contribution in [3.8, 4) is 0 Å². The summed E-state index contributed by atoms with van der Waals surface area (Å²) >= 11 is 0. The van der Waals surface area contributed by atoms with Crippen LogP contribution in [-0.2, 0) is 14.4 Å². The molecule has 6 atom stereocenters. The number of carbonyl (C=O) groups is 3. The second kappa shape index (κ2) is 15.7. The first kappa shape index (κ1) is 29.3. The first-order valence-corrected chi connectivity index (χ1v) is 15.2. The number of rotatable bonds is 11. The van der Waals surface area contributed by atoms with E-state index in [1.165, 1.54) is 26.4 Å². The first-order valence-electron chi connectivity index (χ1n) is 16.4. The van der Waals surface area contributed by atoms with Crippen LogP contribution >= 0.6 is 0 Å². The summed E-state index contributed by atoms with van der Waals surface area (Å²) in [6.45, 7) is 2.30. The molecule has 4 N–H and O–H groups in total. The molecule has 0 aromatic heterocycles. The van der Waals surface area contributed by atoms with Gasteiger partial charge in [-0.3, -0.25) is 14.4 Å². The Bertz CT molecular complexity index is 930. The van der Waals surface area contributed by atoms with E-state index in [1.54, 1.807) is 0 Å². The second-order valence-electron chi connectivity index (χ2n) is 12.6. The van der Waals surface area contributed by atoms with Crippen LogP contribution in [0.25, 0.3) is 0 Å². The first-order chi connectivity index (χ1) is 20.2. The van der Waals surface area contributed by atoms with Crippen molar-refractivity contribution in [3.63, 3.8) is 0 Å². The normalized spacial score (nSPS) is 31.0. The van der Waals surface area contributed by atoms with Crippen molar-refractivity contribution < 1.29 is 31.1 Å². The van der Waals surface area contributed by atoms with Gasteiger partial charge in [-0.15, -0.1) is 0 Å². The van der Waals surface area contributed by atoms with Crippen LogP contribution in [0.4, 0.5) is 0 Å². The Morgan fingerprint density at radius 1 is 0.950 bits per heavy atom. The van der Waals surface area contributed by atoms with E-state index in [1.807, 2.05) is 4.90 Å². The van der Waals surface area contributed by atoms with Gasteiger partial charge >= 0.3 is 5.97 Å². The van der Waals surface area contributed by atoms with Gasteiger partial charge in [-0.1, -0.05) is 37.6 Å². The molecule has 8 heteroatoms. The lowest BCUT2D eigenvalue weighted by atomic mass is 9.81. The van der Waals surface area contributed by atoms with E-state index < -0.39 is 5.97 Å². The second-order valence-corrected chi connectivity index (χ2v) is 12.6. The van der Waals surface area contributed by atoms with Crippen molar-refractivity contribution in [2.75, 3.05) is 33.4 Å². The SMILES string of the molecule is O=C(O)CC1CC2C=CC1C2.[3H]CC1(CO)CCN(C(=O)CCCCCNC(=O)CC2CC3C=CC2C3)CC1.[3H]OC. The molecule has 5 aliphatic rings. The quantitative estimate of drug-likeness (QED) is 0.220. The zero-order valence-electron chi connectivity index (χ0n) is 26.3. The number of carboxylic acids is 1. The van der Waals surface area contributed by atoms with E-state index in [0.29, 0.717) is 74.4 Å². The molecule has 4 bridgehead atoms.